The molecule has 16 heteroatoms. The maximum absolute atomic E-state index is 13.8. The molecule has 1 amide bonds. The third-order valence-corrected chi connectivity index (χ3v) is 8.86. The van der Waals surface area contributed by atoms with Gasteiger partial charge in [-0.15, -0.1) is 0 Å². The zero-order valence-electron chi connectivity index (χ0n) is 26.9. The SMILES string of the molecule is CC(=O)O[C@@H]1OC(C(=O)Nc2ncc(C(Oc3ccc4cc(Br)ccc4c3)c3ccc(Cl)cc3)s2)[C@@H](OC(C)=O)[C@@H](OC(C)=O)[C@H]1OC(C)=O. The fourth-order valence-corrected chi connectivity index (χ4v) is 6.60. The molecule has 1 aliphatic rings. The number of esters is 4. The number of nitrogens with one attached hydrogen (secondary N) is 1. The lowest BCUT2D eigenvalue weighted by Gasteiger charge is -2.43. The summed E-state index contributed by atoms with van der Waals surface area (Å²) in [5.74, 6) is -3.73. The van der Waals surface area contributed by atoms with Gasteiger partial charge in [0, 0.05) is 43.4 Å². The van der Waals surface area contributed by atoms with Gasteiger partial charge in [-0.1, -0.05) is 63.1 Å². The average Bonchev–Trinajstić information content (AvgIpc) is 3.50. The molecule has 50 heavy (non-hydrogen) atoms. The van der Waals surface area contributed by atoms with Crippen molar-refractivity contribution in [1.82, 2.24) is 4.98 Å². The van der Waals surface area contributed by atoms with E-state index in [-0.39, 0.29) is 5.13 Å². The molecule has 0 radical (unpaired) electrons. The lowest BCUT2D eigenvalue weighted by atomic mass is 9.97. The minimum absolute atomic E-state index is 0.108. The number of aromatic nitrogens is 1. The number of amides is 1. The zero-order chi connectivity index (χ0) is 36.1. The molecular formula is C34H30BrClN2O11S. The van der Waals surface area contributed by atoms with Crippen LogP contribution in [0.15, 0.2) is 71.3 Å². The Morgan fingerprint density at radius 1 is 0.800 bits per heavy atom. The van der Waals surface area contributed by atoms with Gasteiger partial charge in [-0.25, -0.2) is 4.98 Å². The van der Waals surface area contributed by atoms with Crippen molar-refractivity contribution in [3.05, 3.63) is 86.8 Å². The predicted molar refractivity (Wildman–Crippen MR) is 183 cm³/mol. The van der Waals surface area contributed by atoms with Crippen LogP contribution in [0.25, 0.3) is 10.8 Å². The summed E-state index contributed by atoms with van der Waals surface area (Å²) in [7, 11) is 0. The second kappa shape index (κ2) is 16.0. The summed E-state index contributed by atoms with van der Waals surface area (Å²) in [6.07, 6.45) is -7.35. The van der Waals surface area contributed by atoms with Gasteiger partial charge in [0.05, 0.1) is 4.88 Å². The summed E-state index contributed by atoms with van der Waals surface area (Å²) in [5.41, 5.74) is 0.752. The van der Waals surface area contributed by atoms with E-state index >= 15 is 0 Å². The minimum Gasteiger partial charge on any atom is -0.480 e. The molecule has 3 aromatic carbocycles. The van der Waals surface area contributed by atoms with Crippen LogP contribution in [0, 0.1) is 0 Å². The first-order valence-corrected chi connectivity index (χ1v) is 17.0. The monoisotopic (exact) mass is 788 g/mol. The fourth-order valence-electron chi connectivity index (χ4n) is 5.22. The van der Waals surface area contributed by atoms with Gasteiger partial charge in [-0.2, -0.15) is 0 Å². The number of nitrogens with zero attached hydrogens (tertiary/aromatic N) is 1. The van der Waals surface area contributed by atoms with Crippen molar-refractivity contribution >= 4 is 84.6 Å². The lowest BCUT2D eigenvalue weighted by Crippen LogP contribution is -2.64. The van der Waals surface area contributed by atoms with Crippen molar-refractivity contribution in [2.24, 2.45) is 0 Å². The second-order valence-electron chi connectivity index (χ2n) is 11.0. The summed E-state index contributed by atoms with van der Waals surface area (Å²) in [5, 5.41) is 5.25. The third kappa shape index (κ3) is 9.15. The van der Waals surface area contributed by atoms with Crippen molar-refractivity contribution in [3.63, 3.8) is 0 Å². The number of rotatable bonds is 10. The first-order chi connectivity index (χ1) is 23.8. The van der Waals surface area contributed by atoms with E-state index in [0.29, 0.717) is 15.6 Å². The van der Waals surface area contributed by atoms with Gasteiger partial charge in [-0.3, -0.25) is 29.3 Å². The van der Waals surface area contributed by atoms with Gasteiger partial charge in [0.2, 0.25) is 12.4 Å². The van der Waals surface area contributed by atoms with Crippen molar-refractivity contribution in [2.75, 3.05) is 5.32 Å². The van der Waals surface area contributed by atoms with Crippen LogP contribution in [0.2, 0.25) is 5.02 Å². The van der Waals surface area contributed by atoms with E-state index in [9.17, 15) is 24.0 Å². The quantitative estimate of drug-likeness (QED) is 0.150. The Bertz CT molecular complexity index is 1920. The Labute approximate surface area is 303 Å². The number of hydrogen-bond donors (Lipinski definition) is 1. The third-order valence-electron chi connectivity index (χ3n) is 7.15. The minimum atomic E-state index is -1.72. The number of carbonyl (C=O) groups is 5. The van der Waals surface area contributed by atoms with Gasteiger partial charge in [0.25, 0.3) is 5.91 Å². The van der Waals surface area contributed by atoms with E-state index in [0.717, 1.165) is 59.8 Å². The maximum atomic E-state index is 13.8. The number of anilines is 1. The molecule has 0 bridgehead atoms. The van der Waals surface area contributed by atoms with Gasteiger partial charge in [-0.05, 0) is 52.7 Å². The normalized spacial score (nSPS) is 20.6. The standard InChI is InChI=1S/C34H30BrClN2O11S/c1-16(39)44-28-29(45-17(2)40)31(46-18(3)41)33(47-19(4)42)49-30(28)32(43)38-34-37-15-26(50-34)27(20-6-10-24(36)11-7-20)48-25-12-8-21-13-23(35)9-5-22(21)14-25/h5-15,27-31,33H,1-4H3,(H,37,38,43)/t27?,28-,29+,30?,31+,33+/m0/s1. The highest BCUT2D eigenvalue weighted by atomic mass is 79.9. The number of carbonyl (C=O) groups excluding carboxylic acids is 5. The first kappa shape index (κ1) is 36.7. The van der Waals surface area contributed by atoms with Crippen LogP contribution in [0.5, 0.6) is 5.75 Å². The number of fused-ring (bicyclic) bond motifs is 1. The molecule has 6 atom stereocenters. The summed E-state index contributed by atoms with van der Waals surface area (Å²) in [6.45, 7) is 4.26. The largest absolute Gasteiger partial charge is 0.480 e. The number of ether oxygens (including phenoxy) is 6. The zero-order valence-corrected chi connectivity index (χ0v) is 30.1. The van der Waals surface area contributed by atoms with E-state index in [1.54, 1.807) is 12.1 Å². The van der Waals surface area contributed by atoms with Gasteiger partial charge < -0.3 is 28.4 Å². The molecular weight excluding hydrogens is 760 g/mol. The molecule has 1 saturated heterocycles. The molecule has 1 fully saturated rings. The van der Waals surface area contributed by atoms with Crippen LogP contribution < -0.4 is 10.1 Å². The topological polar surface area (TPSA) is 166 Å². The van der Waals surface area contributed by atoms with Crippen LogP contribution in [0.3, 0.4) is 0 Å². The van der Waals surface area contributed by atoms with Crippen LogP contribution in [0.1, 0.15) is 44.2 Å². The van der Waals surface area contributed by atoms with Crippen LogP contribution in [0.4, 0.5) is 5.13 Å². The molecule has 2 heterocycles. The molecule has 0 saturated carbocycles. The highest BCUT2D eigenvalue weighted by molar-refractivity contribution is 9.10. The van der Waals surface area contributed by atoms with E-state index in [1.807, 2.05) is 48.5 Å². The van der Waals surface area contributed by atoms with Crippen molar-refractivity contribution < 1.29 is 52.4 Å². The number of benzene rings is 3. The molecule has 4 aromatic rings. The van der Waals surface area contributed by atoms with Gasteiger partial charge >= 0.3 is 23.9 Å². The van der Waals surface area contributed by atoms with E-state index in [4.69, 9.17) is 40.0 Å². The average molecular weight is 790 g/mol. The fraction of sp³-hybridized carbons (Fsp3) is 0.294. The molecule has 1 aliphatic heterocycles. The first-order valence-electron chi connectivity index (χ1n) is 15.0. The smallest absolute Gasteiger partial charge is 0.305 e. The Morgan fingerprint density at radius 2 is 1.40 bits per heavy atom. The molecule has 13 nitrogen and oxygen atoms in total. The Kier molecular flexibility index (Phi) is 11.7. The number of hydrogen-bond acceptors (Lipinski definition) is 13. The Hall–Kier alpha value is -4.57. The molecule has 2 unspecified atom stereocenters. The van der Waals surface area contributed by atoms with Crippen molar-refractivity contribution in [3.8, 4) is 5.75 Å². The second-order valence-corrected chi connectivity index (χ2v) is 13.4. The molecule has 0 aliphatic carbocycles. The van der Waals surface area contributed by atoms with Gasteiger partial charge in [0.15, 0.2) is 29.5 Å². The van der Waals surface area contributed by atoms with Crippen LogP contribution >= 0.6 is 38.9 Å². The summed E-state index contributed by atoms with van der Waals surface area (Å²) >= 11 is 10.7. The Balaban J connectivity index is 1.44. The summed E-state index contributed by atoms with van der Waals surface area (Å²) < 4.78 is 34.4. The molecule has 5 rings (SSSR count). The predicted octanol–water partition coefficient (Wildman–Crippen LogP) is 5.90. The maximum Gasteiger partial charge on any atom is 0.305 e. The van der Waals surface area contributed by atoms with E-state index in [1.165, 1.54) is 6.20 Å². The van der Waals surface area contributed by atoms with Crippen molar-refractivity contribution in [1.29, 1.82) is 0 Å². The number of halogens is 2. The van der Waals surface area contributed by atoms with E-state index in [2.05, 4.69) is 26.2 Å². The number of thiazole rings is 1. The summed E-state index contributed by atoms with van der Waals surface area (Å²) in [6, 6.07) is 18.7. The highest BCUT2D eigenvalue weighted by Gasteiger charge is 2.55. The molecule has 262 valence electrons. The van der Waals surface area contributed by atoms with Crippen LogP contribution in [-0.4, -0.2) is 65.5 Å². The summed E-state index contributed by atoms with van der Waals surface area (Å²) in [4.78, 5) is 66.9. The molecule has 1 N–H and O–H groups in total. The molecule has 1 aromatic heterocycles. The van der Waals surface area contributed by atoms with Crippen molar-refractivity contribution in [2.45, 2.75) is 64.5 Å². The van der Waals surface area contributed by atoms with Crippen LogP contribution in [-0.2, 0) is 47.7 Å². The van der Waals surface area contributed by atoms with Gasteiger partial charge in [0.1, 0.15) is 5.75 Å². The Morgan fingerprint density at radius 3 is 2.06 bits per heavy atom. The highest BCUT2D eigenvalue weighted by Crippen LogP contribution is 2.36. The molecule has 0 spiro atoms. The van der Waals surface area contributed by atoms with E-state index < -0.39 is 66.6 Å². The lowest BCUT2D eigenvalue weighted by molar-refractivity contribution is -0.289.